The quantitative estimate of drug-likeness (QED) is 0.366. The van der Waals surface area contributed by atoms with Crippen LogP contribution in [0.5, 0.6) is 0 Å². The van der Waals surface area contributed by atoms with Gasteiger partial charge >= 0.3 is 0 Å². The smallest absolute Gasteiger partial charge is 0.272 e. The summed E-state index contributed by atoms with van der Waals surface area (Å²) in [5.41, 5.74) is 0. The van der Waals surface area contributed by atoms with Crippen LogP contribution in [0.25, 0.3) is 0 Å². The van der Waals surface area contributed by atoms with E-state index in [4.69, 9.17) is 0 Å². The van der Waals surface area contributed by atoms with Crippen LogP contribution in [0.2, 0.25) is 0 Å². The summed E-state index contributed by atoms with van der Waals surface area (Å²) in [6, 6.07) is 0. The minimum atomic E-state index is -4.07. The summed E-state index contributed by atoms with van der Waals surface area (Å²) in [6.45, 7) is 4.58. The Morgan fingerprint density at radius 2 is 1.85 bits per heavy atom. The van der Waals surface area contributed by atoms with Gasteiger partial charge in [0.2, 0.25) is 0 Å². The molecule has 0 aliphatic carbocycles. The monoisotopic (exact) mass is 211 g/mol. The van der Waals surface area contributed by atoms with Crippen LogP contribution in [0.4, 0.5) is 0 Å². The lowest BCUT2D eigenvalue weighted by Gasteiger charge is -2.31. The molecule has 0 saturated carbocycles. The molecule has 0 aliphatic rings. The molecule has 0 N–H and O–H groups in total. The summed E-state index contributed by atoms with van der Waals surface area (Å²) in [4.78, 5) is 11.0. The Kier molecular flexibility index (Phi) is 5.10. The van der Waals surface area contributed by atoms with Crippen molar-refractivity contribution >= 4 is 7.82 Å². The van der Waals surface area contributed by atoms with Gasteiger partial charge in [0.25, 0.3) is 7.82 Å². The zero-order valence-electron chi connectivity index (χ0n) is 8.65. The summed E-state index contributed by atoms with van der Waals surface area (Å²) < 4.78 is 20.6. The van der Waals surface area contributed by atoms with E-state index in [0.29, 0.717) is 4.48 Å². The van der Waals surface area contributed by atoms with Gasteiger partial charge in [0.05, 0.1) is 27.2 Å². The zero-order valence-corrected chi connectivity index (χ0v) is 9.54. The average molecular weight is 211 g/mol. The maximum atomic E-state index is 11.0. The molecule has 0 saturated heterocycles. The molecule has 5 nitrogen and oxygen atoms in total. The van der Waals surface area contributed by atoms with Crippen LogP contribution in [-0.2, 0) is 13.6 Å². The molecule has 1 unspecified atom stereocenters. The Balaban J connectivity index is 3.94. The van der Waals surface area contributed by atoms with E-state index in [1.54, 1.807) is 6.92 Å². The molecule has 0 aromatic heterocycles. The molecule has 80 valence electrons. The Morgan fingerprint density at radius 1 is 1.31 bits per heavy atom. The number of rotatable bonds is 6. The van der Waals surface area contributed by atoms with E-state index in [-0.39, 0.29) is 13.3 Å². The summed E-state index contributed by atoms with van der Waals surface area (Å²) in [5, 5.41) is 0. The minimum Gasteiger partial charge on any atom is -0.756 e. The molecule has 0 aromatic rings. The lowest BCUT2D eigenvalue weighted by Crippen LogP contribution is -2.41. The van der Waals surface area contributed by atoms with Gasteiger partial charge in [-0.15, -0.1) is 0 Å². The molecule has 0 radical (unpaired) electrons. The summed E-state index contributed by atoms with van der Waals surface area (Å²) in [7, 11) is -0.306. The van der Waals surface area contributed by atoms with Crippen molar-refractivity contribution in [3.05, 3.63) is 0 Å². The van der Waals surface area contributed by atoms with Crippen LogP contribution in [-0.4, -0.2) is 38.5 Å². The fourth-order valence-corrected chi connectivity index (χ4v) is 1.36. The highest BCUT2D eigenvalue weighted by Gasteiger charge is 2.17. The van der Waals surface area contributed by atoms with Crippen LogP contribution < -0.4 is 4.89 Å². The second kappa shape index (κ2) is 5.08. The number of nitrogens with zero attached hydrogens (tertiary/aromatic N) is 1. The van der Waals surface area contributed by atoms with E-state index in [0.717, 1.165) is 6.54 Å². The van der Waals surface area contributed by atoms with E-state index < -0.39 is 7.82 Å². The summed E-state index contributed by atoms with van der Waals surface area (Å²) in [6.07, 6.45) is 0. The van der Waals surface area contributed by atoms with Crippen LogP contribution in [0.15, 0.2) is 0 Å². The van der Waals surface area contributed by atoms with Gasteiger partial charge in [0, 0.05) is 0 Å². The molecule has 0 aromatic carbocycles. The van der Waals surface area contributed by atoms with E-state index in [2.05, 4.69) is 9.05 Å². The highest BCUT2D eigenvalue weighted by atomic mass is 31.2. The molecular formula is C7H18NO4P. The predicted molar refractivity (Wildman–Crippen MR) is 47.8 cm³/mol. The maximum absolute atomic E-state index is 11.0. The maximum Gasteiger partial charge on any atom is 0.272 e. The van der Waals surface area contributed by atoms with E-state index in [9.17, 15) is 9.46 Å². The molecule has 13 heavy (non-hydrogen) atoms. The van der Waals surface area contributed by atoms with E-state index in [1.807, 2.05) is 21.0 Å². The van der Waals surface area contributed by atoms with Crippen molar-refractivity contribution in [1.82, 2.24) is 0 Å². The molecule has 0 aliphatic heterocycles. The number of quaternary nitrogens is 1. The van der Waals surface area contributed by atoms with Gasteiger partial charge in [0.1, 0.15) is 0 Å². The first-order valence-corrected chi connectivity index (χ1v) is 5.71. The van der Waals surface area contributed by atoms with Crippen LogP contribution in [0, 0.1) is 0 Å². The third-order valence-electron chi connectivity index (χ3n) is 1.71. The molecule has 6 heteroatoms. The van der Waals surface area contributed by atoms with Crippen LogP contribution >= 0.6 is 7.82 Å². The van der Waals surface area contributed by atoms with Crippen molar-refractivity contribution in [3.63, 3.8) is 0 Å². The first-order chi connectivity index (χ1) is 5.83. The highest BCUT2D eigenvalue weighted by Crippen LogP contribution is 2.38. The third-order valence-corrected chi connectivity index (χ3v) is 2.71. The second-order valence-corrected chi connectivity index (χ2v) is 4.79. The number of hydrogen-bond donors (Lipinski definition) is 0. The van der Waals surface area contributed by atoms with Crippen molar-refractivity contribution in [3.8, 4) is 0 Å². The van der Waals surface area contributed by atoms with Gasteiger partial charge in [0.15, 0.2) is 6.73 Å². The number of phosphoric acid groups is 1. The van der Waals surface area contributed by atoms with Gasteiger partial charge in [-0.3, -0.25) is 9.09 Å². The number of hydrogen-bond acceptors (Lipinski definition) is 4. The second-order valence-electron chi connectivity index (χ2n) is 3.38. The average Bonchev–Trinajstić information content (AvgIpc) is 2.02. The fraction of sp³-hybridized carbons (Fsp3) is 1.00. The van der Waals surface area contributed by atoms with E-state index >= 15 is 0 Å². The van der Waals surface area contributed by atoms with Gasteiger partial charge < -0.3 is 13.9 Å². The van der Waals surface area contributed by atoms with Gasteiger partial charge in [-0.25, -0.2) is 0 Å². The van der Waals surface area contributed by atoms with Gasteiger partial charge in [-0.05, 0) is 13.8 Å². The Bertz CT molecular complexity index is 195. The predicted octanol–water partition coefficient (Wildman–Crippen LogP) is 0.562. The van der Waals surface area contributed by atoms with Crippen molar-refractivity contribution in [2.24, 2.45) is 0 Å². The Morgan fingerprint density at radius 3 is 2.23 bits per heavy atom. The molecule has 1 atom stereocenters. The standard InChI is InChI=1S/C7H18NO4P/c1-5-8(3,4)7-12-13(9,10)11-6-2/h5-7H2,1-4H3. The normalized spacial score (nSPS) is 17.0. The molecule has 0 amide bonds. The topological polar surface area (TPSA) is 58.6 Å². The first-order valence-electron chi connectivity index (χ1n) is 4.25. The van der Waals surface area contributed by atoms with Crippen LogP contribution in [0.1, 0.15) is 13.8 Å². The minimum absolute atomic E-state index is 0.108. The molecule has 0 rings (SSSR count). The number of phosphoric ester groups is 1. The molecule has 0 spiro atoms. The SMILES string of the molecule is CCOP(=O)([O-])OC[N+](C)(C)CC. The van der Waals surface area contributed by atoms with Gasteiger partial charge in [-0.1, -0.05) is 0 Å². The van der Waals surface area contributed by atoms with Crippen molar-refractivity contribution in [1.29, 1.82) is 0 Å². The van der Waals surface area contributed by atoms with Gasteiger partial charge in [-0.2, -0.15) is 0 Å². The molecule has 0 heterocycles. The zero-order chi connectivity index (χ0) is 10.5. The lowest BCUT2D eigenvalue weighted by atomic mass is 10.6. The highest BCUT2D eigenvalue weighted by molar-refractivity contribution is 7.45. The van der Waals surface area contributed by atoms with Crippen molar-refractivity contribution < 1.29 is 23.0 Å². The third kappa shape index (κ3) is 6.18. The Labute approximate surface area is 79.5 Å². The molecule has 0 fully saturated rings. The molecular weight excluding hydrogens is 193 g/mol. The first kappa shape index (κ1) is 13.1. The van der Waals surface area contributed by atoms with E-state index in [1.165, 1.54) is 0 Å². The van der Waals surface area contributed by atoms with Crippen molar-refractivity contribution in [2.75, 3.05) is 34.0 Å². The lowest BCUT2D eigenvalue weighted by molar-refractivity contribution is -0.904. The Hall–Kier alpha value is 0.0700. The van der Waals surface area contributed by atoms with Crippen molar-refractivity contribution in [2.45, 2.75) is 13.8 Å². The molecule has 0 bridgehead atoms. The summed E-state index contributed by atoms with van der Waals surface area (Å²) in [5.74, 6) is 0. The largest absolute Gasteiger partial charge is 0.756 e. The fourth-order valence-electron chi connectivity index (χ4n) is 0.514. The van der Waals surface area contributed by atoms with Crippen LogP contribution in [0.3, 0.4) is 0 Å². The summed E-state index contributed by atoms with van der Waals surface area (Å²) >= 11 is 0.